The molecule has 4 rings (SSSR count). The van der Waals surface area contributed by atoms with Crippen molar-refractivity contribution in [1.82, 2.24) is 25.1 Å². The maximum atomic E-state index is 13.0. The van der Waals surface area contributed by atoms with Gasteiger partial charge in [0.2, 0.25) is 5.91 Å². The number of hydrogen-bond donors (Lipinski definition) is 1. The average Bonchev–Trinajstić information content (AvgIpc) is 2.85. The standard InChI is InChI=1S/C25H33N5O2/c31-23-16-25(10-5-2-6-11-25)30(19-21-8-3-1-4-9-21)14-7-13-29(15-12-28-23)24(32)22-17-26-20-27-18-22/h1,3-4,8-9,17-18,20H,2,5-7,10-16,19H2,(H,28,31). The van der Waals surface area contributed by atoms with Gasteiger partial charge in [0.1, 0.15) is 6.33 Å². The molecule has 1 aromatic carbocycles. The smallest absolute Gasteiger partial charge is 0.257 e. The lowest BCUT2D eigenvalue weighted by atomic mass is 9.77. The van der Waals surface area contributed by atoms with Crippen LogP contribution >= 0.6 is 0 Å². The Morgan fingerprint density at radius 3 is 2.47 bits per heavy atom. The number of hydrogen-bond acceptors (Lipinski definition) is 5. The molecule has 1 aliphatic carbocycles. The molecule has 7 nitrogen and oxygen atoms in total. The van der Waals surface area contributed by atoms with Crippen molar-refractivity contribution in [3.63, 3.8) is 0 Å². The van der Waals surface area contributed by atoms with Gasteiger partial charge in [-0.15, -0.1) is 0 Å². The molecule has 7 heteroatoms. The summed E-state index contributed by atoms with van der Waals surface area (Å²) in [4.78, 5) is 38.3. The lowest BCUT2D eigenvalue weighted by molar-refractivity contribution is -0.125. The fourth-order valence-electron chi connectivity index (χ4n) is 5.15. The predicted molar refractivity (Wildman–Crippen MR) is 123 cm³/mol. The fourth-order valence-corrected chi connectivity index (χ4v) is 5.15. The van der Waals surface area contributed by atoms with Crippen molar-refractivity contribution >= 4 is 11.8 Å². The van der Waals surface area contributed by atoms with E-state index in [-0.39, 0.29) is 17.4 Å². The van der Waals surface area contributed by atoms with E-state index in [0.717, 1.165) is 45.2 Å². The molecule has 32 heavy (non-hydrogen) atoms. The molecule has 170 valence electrons. The normalized spacial score (nSPS) is 20.4. The van der Waals surface area contributed by atoms with E-state index in [9.17, 15) is 9.59 Å². The Morgan fingerprint density at radius 2 is 1.72 bits per heavy atom. The zero-order valence-corrected chi connectivity index (χ0v) is 18.7. The Kier molecular flexibility index (Phi) is 7.47. The minimum Gasteiger partial charge on any atom is -0.354 e. The van der Waals surface area contributed by atoms with Crippen LogP contribution in [-0.2, 0) is 11.3 Å². The van der Waals surface area contributed by atoms with Crippen molar-refractivity contribution in [3.05, 3.63) is 60.2 Å². The van der Waals surface area contributed by atoms with Crippen molar-refractivity contribution in [2.24, 2.45) is 0 Å². The van der Waals surface area contributed by atoms with Gasteiger partial charge in [-0.1, -0.05) is 49.6 Å². The van der Waals surface area contributed by atoms with Gasteiger partial charge < -0.3 is 10.2 Å². The lowest BCUT2D eigenvalue weighted by Crippen LogP contribution is -2.52. The van der Waals surface area contributed by atoms with Crippen molar-refractivity contribution in [2.75, 3.05) is 26.2 Å². The largest absolute Gasteiger partial charge is 0.354 e. The molecule has 1 aromatic heterocycles. The molecule has 0 unspecified atom stereocenters. The predicted octanol–water partition coefficient (Wildman–Crippen LogP) is 3.03. The molecule has 1 spiro atoms. The number of benzene rings is 1. The molecule has 1 saturated heterocycles. The first-order valence-corrected chi connectivity index (χ1v) is 11.8. The van der Waals surface area contributed by atoms with Gasteiger partial charge in [-0.25, -0.2) is 9.97 Å². The lowest BCUT2D eigenvalue weighted by Gasteiger charge is -2.46. The Bertz CT molecular complexity index is 884. The number of carbonyl (C=O) groups is 2. The minimum atomic E-state index is -0.107. The number of amides is 2. The van der Waals surface area contributed by atoms with E-state index in [1.165, 1.54) is 18.3 Å². The first-order chi connectivity index (χ1) is 15.7. The van der Waals surface area contributed by atoms with Crippen LogP contribution in [0.25, 0.3) is 0 Å². The highest BCUT2D eigenvalue weighted by Crippen LogP contribution is 2.38. The number of aromatic nitrogens is 2. The molecule has 1 aliphatic heterocycles. The highest BCUT2D eigenvalue weighted by molar-refractivity contribution is 5.93. The summed E-state index contributed by atoms with van der Waals surface area (Å²) >= 11 is 0. The average molecular weight is 436 g/mol. The van der Waals surface area contributed by atoms with Gasteiger partial charge in [-0.05, 0) is 24.8 Å². The zero-order chi connectivity index (χ0) is 22.2. The van der Waals surface area contributed by atoms with E-state index < -0.39 is 0 Å². The Labute approximate surface area is 190 Å². The molecular weight excluding hydrogens is 402 g/mol. The quantitative estimate of drug-likeness (QED) is 0.802. The first-order valence-electron chi connectivity index (χ1n) is 11.8. The van der Waals surface area contributed by atoms with Crippen LogP contribution in [0.5, 0.6) is 0 Å². The first kappa shape index (κ1) is 22.4. The molecule has 0 bridgehead atoms. The summed E-state index contributed by atoms with van der Waals surface area (Å²) in [6.45, 7) is 3.29. The van der Waals surface area contributed by atoms with Crippen LogP contribution < -0.4 is 5.32 Å². The van der Waals surface area contributed by atoms with Crippen LogP contribution in [0.4, 0.5) is 0 Å². The summed E-state index contributed by atoms with van der Waals surface area (Å²) in [6, 6.07) is 10.5. The van der Waals surface area contributed by atoms with Crippen LogP contribution in [0.15, 0.2) is 49.1 Å². The van der Waals surface area contributed by atoms with Crippen molar-refractivity contribution in [2.45, 2.75) is 57.0 Å². The maximum Gasteiger partial charge on any atom is 0.257 e. The van der Waals surface area contributed by atoms with E-state index in [2.05, 4.69) is 44.5 Å². The number of carbonyl (C=O) groups excluding carboxylic acids is 2. The molecular formula is C25H33N5O2. The van der Waals surface area contributed by atoms with Crippen LogP contribution in [0, 0.1) is 0 Å². The van der Waals surface area contributed by atoms with Crippen molar-refractivity contribution in [1.29, 1.82) is 0 Å². The van der Waals surface area contributed by atoms with Crippen molar-refractivity contribution in [3.8, 4) is 0 Å². The van der Waals surface area contributed by atoms with E-state index >= 15 is 0 Å². The Balaban J connectivity index is 1.55. The molecule has 2 heterocycles. The number of nitrogens with zero attached hydrogens (tertiary/aromatic N) is 4. The van der Waals surface area contributed by atoms with Crippen molar-refractivity contribution < 1.29 is 9.59 Å². The highest BCUT2D eigenvalue weighted by atomic mass is 16.2. The molecule has 2 aromatic rings. The van der Waals surface area contributed by atoms with E-state index in [1.807, 2.05) is 11.0 Å². The number of rotatable bonds is 3. The van der Waals surface area contributed by atoms with Crippen LogP contribution in [-0.4, -0.2) is 63.3 Å². The van der Waals surface area contributed by atoms with Crippen LogP contribution in [0.2, 0.25) is 0 Å². The Hall–Kier alpha value is -2.80. The highest BCUT2D eigenvalue weighted by Gasteiger charge is 2.40. The molecule has 0 atom stereocenters. The summed E-state index contributed by atoms with van der Waals surface area (Å²) in [5, 5.41) is 3.08. The van der Waals surface area contributed by atoms with Gasteiger partial charge in [0, 0.05) is 57.1 Å². The zero-order valence-electron chi connectivity index (χ0n) is 18.7. The second-order valence-corrected chi connectivity index (χ2v) is 8.99. The second kappa shape index (κ2) is 10.7. The van der Waals surface area contributed by atoms with Crippen LogP contribution in [0.1, 0.15) is 60.9 Å². The molecule has 0 radical (unpaired) electrons. The van der Waals surface area contributed by atoms with E-state index in [0.29, 0.717) is 31.6 Å². The summed E-state index contributed by atoms with van der Waals surface area (Å²) in [5.74, 6) is 0.00314. The third-order valence-corrected chi connectivity index (χ3v) is 6.82. The van der Waals surface area contributed by atoms with Crippen LogP contribution in [0.3, 0.4) is 0 Å². The maximum absolute atomic E-state index is 13.0. The van der Waals surface area contributed by atoms with Gasteiger partial charge in [-0.2, -0.15) is 0 Å². The molecule has 2 fully saturated rings. The van der Waals surface area contributed by atoms with Gasteiger partial charge in [-0.3, -0.25) is 14.5 Å². The Morgan fingerprint density at radius 1 is 0.969 bits per heavy atom. The summed E-state index contributed by atoms with van der Waals surface area (Å²) < 4.78 is 0. The third-order valence-electron chi connectivity index (χ3n) is 6.82. The minimum absolute atomic E-state index is 0.0823. The monoisotopic (exact) mass is 435 g/mol. The second-order valence-electron chi connectivity index (χ2n) is 8.99. The summed E-state index contributed by atoms with van der Waals surface area (Å²) in [7, 11) is 0. The number of nitrogens with one attached hydrogen (secondary N) is 1. The van der Waals surface area contributed by atoms with Gasteiger partial charge >= 0.3 is 0 Å². The molecule has 2 aliphatic rings. The van der Waals surface area contributed by atoms with E-state index in [4.69, 9.17) is 0 Å². The molecule has 2 amide bonds. The fraction of sp³-hybridized carbons (Fsp3) is 0.520. The topological polar surface area (TPSA) is 78.4 Å². The summed E-state index contributed by atoms with van der Waals surface area (Å²) in [5.41, 5.74) is 1.64. The van der Waals surface area contributed by atoms with E-state index in [1.54, 1.807) is 12.4 Å². The molecule has 1 N–H and O–H groups in total. The van der Waals surface area contributed by atoms with Gasteiger partial charge in [0.15, 0.2) is 0 Å². The third kappa shape index (κ3) is 5.51. The van der Waals surface area contributed by atoms with Gasteiger partial charge in [0.25, 0.3) is 5.91 Å². The molecule has 1 saturated carbocycles. The summed E-state index contributed by atoms with van der Waals surface area (Å²) in [6.07, 6.45) is 11.6. The SMILES string of the molecule is O=C1CC2(CCCCC2)N(Cc2ccccc2)CCCN(C(=O)c2cncnc2)CCN1. The van der Waals surface area contributed by atoms with Gasteiger partial charge in [0.05, 0.1) is 5.56 Å².